The summed E-state index contributed by atoms with van der Waals surface area (Å²) in [5.41, 5.74) is 4.58. The summed E-state index contributed by atoms with van der Waals surface area (Å²) in [6.45, 7) is 4.68. The molecule has 0 saturated carbocycles. The van der Waals surface area contributed by atoms with Gasteiger partial charge in [0.15, 0.2) is 11.0 Å². The molecule has 0 N–H and O–H groups in total. The van der Waals surface area contributed by atoms with Crippen LogP contribution < -0.4 is 0 Å². The number of nitrogens with zero attached hydrogens (tertiary/aromatic N) is 8. The van der Waals surface area contributed by atoms with Crippen LogP contribution in [0.25, 0.3) is 22.7 Å². The van der Waals surface area contributed by atoms with Crippen LogP contribution in [0.5, 0.6) is 0 Å². The van der Waals surface area contributed by atoms with E-state index in [9.17, 15) is 0 Å². The molecule has 3 aromatic heterocycles. The van der Waals surface area contributed by atoms with Gasteiger partial charge in [-0.1, -0.05) is 25.6 Å². The third-order valence-electron chi connectivity index (χ3n) is 5.41. The number of benzene rings is 1. The largest absolute Gasteiger partial charge is 0.420 e. The van der Waals surface area contributed by atoms with E-state index in [4.69, 9.17) is 9.68 Å². The number of pyridine rings is 1. The van der Waals surface area contributed by atoms with Crippen molar-refractivity contribution in [2.45, 2.75) is 30.7 Å². The van der Waals surface area contributed by atoms with E-state index in [-0.39, 0.29) is 5.92 Å². The molecule has 9 nitrogen and oxygen atoms in total. The van der Waals surface area contributed by atoms with Gasteiger partial charge in [-0.3, -0.25) is 14.5 Å². The average Bonchev–Trinajstić information content (AvgIpc) is 3.57. The molecule has 34 heavy (non-hydrogen) atoms. The van der Waals surface area contributed by atoms with Gasteiger partial charge >= 0.3 is 0 Å². The van der Waals surface area contributed by atoms with Gasteiger partial charge in [0.2, 0.25) is 11.8 Å². The smallest absolute Gasteiger partial charge is 0.247 e. The van der Waals surface area contributed by atoms with Crippen LogP contribution in [0.3, 0.4) is 0 Å². The van der Waals surface area contributed by atoms with E-state index in [1.165, 1.54) is 11.8 Å². The number of allylic oxidation sites excluding steroid dienone is 1. The fraction of sp³-hybridized carbons (Fsp3) is 0.208. The Labute approximate surface area is 200 Å². The lowest BCUT2D eigenvalue weighted by molar-refractivity contribution is 0.528. The van der Waals surface area contributed by atoms with Crippen LogP contribution in [0.15, 0.2) is 63.4 Å². The van der Waals surface area contributed by atoms with Gasteiger partial charge in [-0.15, -0.1) is 20.4 Å². The van der Waals surface area contributed by atoms with E-state index in [2.05, 4.69) is 41.0 Å². The Kier molecular flexibility index (Phi) is 6.01. The van der Waals surface area contributed by atoms with Crippen LogP contribution in [0.4, 0.5) is 0 Å². The van der Waals surface area contributed by atoms with Crippen LogP contribution in [0, 0.1) is 11.3 Å². The van der Waals surface area contributed by atoms with Gasteiger partial charge in [0.05, 0.1) is 29.6 Å². The maximum absolute atomic E-state index is 8.94. The van der Waals surface area contributed by atoms with Gasteiger partial charge in [0, 0.05) is 41.2 Å². The summed E-state index contributed by atoms with van der Waals surface area (Å²) in [5, 5.41) is 26.9. The van der Waals surface area contributed by atoms with Gasteiger partial charge in [-0.05, 0) is 36.4 Å². The molecule has 0 amide bonds. The number of nitriles is 1. The number of rotatable bonds is 4. The molecular weight excluding hydrogens is 448 g/mol. The highest BCUT2D eigenvalue weighted by Gasteiger charge is 2.33. The summed E-state index contributed by atoms with van der Waals surface area (Å²) in [5.74, 6) is 2.32. The molecule has 0 aliphatic carbocycles. The van der Waals surface area contributed by atoms with Gasteiger partial charge < -0.3 is 4.42 Å². The SMILES string of the molecule is CC.N#Cc1ccc(-c2nnc(CSc3nnc4n3-c3ccncc3C3CN=CC=C43)o2)cc1. The standard InChI is InChI=1S/C22H14N8OS.C2H6/c23-9-13-1-3-14(4-2-13)21-28-26-19(31-21)12-32-22-29-27-20-15-5-7-24-10-16(15)17-11-25-8-6-18(17)30(20)22;1-2/h1-8,11,16H,10,12H2;1-2H3. The number of hydrogen-bond acceptors (Lipinski definition) is 9. The van der Waals surface area contributed by atoms with E-state index in [1.54, 1.807) is 30.5 Å². The first kappa shape index (κ1) is 21.7. The highest BCUT2D eigenvalue weighted by Crippen LogP contribution is 2.43. The van der Waals surface area contributed by atoms with Crippen LogP contribution in [-0.2, 0) is 5.75 Å². The lowest BCUT2D eigenvalue weighted by Gasteiger charge is -2.29. The molecule has 2 aliphatic rings. The lowest BCUT2D eigenvalue weighted by atomic mass is 9.86. The first-order valence-electron chi connectivity index (χ1n) is 10.9. The van der Waals surface area contributed by atoms with Gasteiger partial charge in [0.25, 0.3) is 0 Å². The highest BCUT2D eigenvalue weighted by molar-refractivity contribution is 7.98. The topological polar surface area (TPSA) is 119 Å². The van der Waals surface area contributed by atoms with Crippen LogP contribution >= 0.6 is 11.8 Å². The van der Waals surface area contributed by atoms with Crippen molar-refractivity contribution in [1.82, 2.24) is 29.9 Å². The quantitative estimate of drug-likeness (QED) is 0.403. The molecule has 4 aromatic rings. The molecule has 5 heterocycles. The molecule has 1 unspecified atom stereocenters. The molecule has 10 heteroatoms. The zero-order valence-electron chi connectivity index (χ0n) is 18.6. The van der Waals surface area contributed by atoms with Crippen molar-refractivity contribution in [2.75, 3.05) is 6.54 Å². The summed E-state index contributed by atoms with van der Waals surface area (Å²) in [6.07, 6.45) is 7.50. The number of hydrogen-bond donors (Lipinski definition) is 0. The molecular formula is C24H20N8OS. The Morgan fingerprint density at radius 1 is 1.12 bits per heavy atom. The van der Waals surface area contributed by atoms with E-state index in [1.807, 2.05) is 38.4 Å². The molecule has 2 aliphatic heterocycles. The van der Waals surface area contributed by atoms with Crippen molar-refractivity contribution in [3.05, 3.63) is 71.6 Å². The van der Waals surface area contributed by atoms with Crippen LogP contribution in [-0.4, -0.2) is 42.7 Å². The van der Waals surface area contributed by atoms with E-state index in [0.717, 1.165) is 33.4 Å². The van der Waals surface area contributed by atoms with Crippen molar-refractivity contribution in [2.24, 2.45) is 4.99 Å². The maximum Gasteiger partial charge on any atom is 0.247 e. The van der Waals surface area contributed by atoms with Crippen molar-refractivity contribution in [3.8, 4) is 23.2 Å². The minimum absolute atomic E-state index is 0.143. The minimum atomic E-state index is 0.143. The van der Waals surface area contributed by atoms with Gasteiger partial charge in [0.1, 0.15) is 0 Å². The molecule has 1 atom stereocenters. The van der Waals surface area contributed by atoms with Crippen molar-refractivity contribution < 1.29 is 4.42 Å². The summed E-state index contributed by atoms with van der Waals surface area (Å²) < 4.78 is 7.88. The predicted molar refractivity (Wildman–Crippen MR) is 129 cm³/mol. The maximum atomic E-state index is 8.94. The van der Waals surface area contributed by atoms with Crippen LogP contribution in [0.2, 0.25) is 0 Å². The molecule has 0 bridgehead atoms. The Bertz CT molecular complexity index is 1430. The zero-order valence-corrected chi connectivity index (χ0v) is 19.4. The van der Waals surface area contributed by atoms with Crippen LogP contribution in [0.1, 0.15) is 42.6 Å². The second-order valence-corrected chi connectivity index (χ2v) is 8.19. The van der Waals surface area contributed by atoms with E-state index < -0.39 is 0 Å². The average molecular weight is 469 g/mol. The van der Waals surface area contributed by atoms with E-state index in [0.29, 0.717) is 29.6 Å². The number of fused-ring (bicyclic) bond motifs is 6. The molecule has 0 spiro atoms. The monoisotopic (exact) mass is 468 g/mol. The number of thioether (sulfide) groups is 1. The second kappa shape index (κ2) is 9.41. The van der Waals surface area contributed by atoms with E-state index >= 15 is 0 Å². The normalized spacial score (nSPS) is 15.2. The number of dihydropyridines is 1. The summed E-state index contributed by atoms with van der Waals surface area (Å²) in [4.78, 5) is 8.74. The van der Waals surface area contributed by atoms with Crippen molar-refractivity contribution in [1.29, 1.82) is 5.26 Å². The molecule has 6 rings (SSSR count). The highest BCUT2D eigenvalue weighted by atomic mass is 32.2. The van der Waals surface area contributed by atoms with Crippen molar-refractivity contribution >= 4 is 23.5 Å². The number of aliphatic imine (C=N–C) groups is 1. The Morgan fingerprint density at radius 3 is 2.79 bits per heavy atom. The fourth-order valence-corrected chi connectivity index (χ4v) is 4.67. The molecule has 1 aromatic carbocycles. The Hall–Kier alpha value is -4.10. The summed E-state index contributed by atoms with van der Waals surface area (Å²) in [6, 6.07) is 11.1. The number of aromatic nitrogens is 6. The third-order valence-corrected chi connectivity index (χ3v) is 6.32. The van der Waals surface area contributed by atoms with Crippen molar-refractivity contribution in [3.63, 3.8) is 0 Å². The Balaban J connectivity index is 0.00000117. The molecule has 0 radical (unpaired) electrons. The van der Waals surface area contributed by atoms with Gasteiger partial charge in [-0.2, -0.15) is 5.26 Å². The van der Waals surface area contributed by atoms with Gasteiger partial charge in [-0.25, -0.2) is 0 Å². The fourth-order valence-electron chi connectivity index (χ4n) is 3.89. The molecule has 0 fully saturated rings. The summed E-state index contributed by atoms with van der Waals surface area (Å²) in [7, 11) is 0. The lowest BCUT2D eigenvalue weighted by Crippen LogP contribution is -2.21. The molecule has 168 valence electrons. The first-order chi connectivity index (χ1) is 16.8. The predicted octanol–water partition coefficient (Wildman–Crippen LogP) is 4.47. The minimum Gasteiger partial charge on any atom is -0.420 e. The first-order valence-corrected chi connectivity index (χ1v) is 11.9. The molecule has 0 saturated heterocycles. The zero-order chi connectivity index (χ0) is 23.5. The third kappa shape index (κ3) is 3.80. The summed E-state index contributed by atoms with van der Waals surface area (Å²) >= 11 is 1.48. The second-order valence-electron chi connectivity index (χ2n) is 7.24. The Morgan fingerprint density at radius 2 is 1.97 bits per heavy atom.